The molecule has 0 bridgehead atoms. The minimum Gasteiger partial charge on any atom is -0.457 e. The van der Waals surface area contributed by atoms with Gasteiger partial charge >= 0.3 is 5.97 Å². The molecule has 2 heterocycles. The van der Waals surface area contributed by atoms with Crippen LogP contribution in [-0.4, -0.2) is 31.2 Å². The van der Waals surface area contributed by atoms with Crippen LogP contribution < -0.4 is 0 Å². The van der Waals surface area contributed by atoms with Crippen LogP contribution in [0.3, 0.4) is 0 Å². The quantitative estimate of drug-likeness (QED) is 0.401. The number of carbonyl (C=O) groups excluding carboxylic acids is 1. The average molecular weight is 422 g/mol. The van der Waals surface area contributed by atoms with Gasteiger partial charge < -0.3 is 4.74 Å². The maximum Gasteiger partial charge on any atom is 0.317 e. The summed E-state index contributed by atoms with van der Waals surface area (Å²) in [5.74, 6) is 0.222. The lowest BCUT2D eigenvalue weighted by molar-refractivity contribution is -0.151. The Kier molecular flexibility index (Phi) is 5.85. The minimum atomic E-state index is -0.877. The molecule has 4 rings (SSSR count). The zero-order valence-corrected chi connectivity index (χ0v) is 17.8. The fraction of sp³-hybridized carbons (Fsp3) is 0.318. The number of fused-ring (bicyclic) bond motifs is 1. The van der Waals surface area contributed by atoms with Gasteiger partial charge in [0.15, 0.2) is 12.4 Å². The van der Waals surface area contributed by atoms with E-state index in [1.165, 1.54) is 0 Å². The van der Waals surface area contributed by atoms with E-state index in [4.69, 9.17) is 9.72 Å². The number of hydrogen-bond donors (Lipinski definition) is 0. The number of aromatic nitrogens is 5. The van der Waals surface area contributed by atoms with E-state index in [2.05, 4.69) is 15.5 Å². The normalized spacial score (nSPS) is 13.3. The lowest BCUT2D eigenvalue weighted by atomic mass is 9.79. The highest BCUT2D eigenvalue weighted by atomic mass is 32.1. The lowest BCUT2D eigenvalue weighted by Gasteiger charge is -2.27. The molecule has 0 unspecified atom stereocenters. The molecule has 8 heteroatoms. The van der Waals surface area contributed by atoms with Gasteiger partial charge in [0.05, 0.1) is 20.6 Å². The number of para-hydroxylation sites is 1. The predicted octanol–water partition coefficient (Wildman–Crippen LogP) is 3.94. The molecule has 0 fully saturated rings. The highest BCUT2D eigenvalue weighted by molar-refractivity contribution is 7.18. The highest BCUT2D eigenvalue weighted by Gasteiger charge is 2.38. The van der Waals surface area contributed by atoms with E-state index in [-0.39, 0.29) is 12.6 Å². The fourth-order valence-corrected chi connectivity index (χ4v) is 4.52. The molecule has 0 aliphatic carbocycles. The molecule has 2 aromatic carbocycles. The Morgan fingerprint density at radius 2 is 1.90 bits per heavy atom. The number of benzene rings is 2. The second kappa shape index (κ2) is 8.71. The van der Waals surface area contributed by atoms with Gasteiger partial charge in [0.1, 0.15) is 0 Å². The first-order chi connectivity index (χ1) is 14.6. The van der Waals surface area contributed by atoms with Gasteiger partial charge in [-0.2, -0.15) is 0 Å². The van der Waals surface area contributed by atoms with Crippen molar-refractivity contribution in [2.45, 2.75) is 45.3 Å². The number of rotatable bonds is 8. The third kappa shape index (κ3) is 4.09. The first-order valence-corrected chi connectivity index (χ1v) is 10.7. The molecular formula is C22H23N5O2S. The Morgan fingerprint density at radius 3 is 2.67 bits per heavy atom. The molecule has 0 saturated heterocycles. The van der Waals surface area contributed by atoms with Crippen LogP contribution >= 0.6 is 11.3 Å². The second-order valence-corrected chi connectivity index (χ2v) is 8.46. The van der Waals surface area contributed by atoms with Crippen molar-refractivity contribution in [3.8, 4) is 0 Å². The van der Waals surface area contributed by atoms with E-state index in [0.717, 1.165) is 27.2 Å². The van der Waals surface area contributed by atoms with Gasteiger partial charge in [0, 0.05) is 13.0 Å². The van der Waals surface area contributed by atoms with E-state index in [0.29, 0.717) is 18.8 Å². The number of esters is 1. The molecule has 0 radical (unpaired) electrons. The largest absolute Gasteiger partial charge is 0.457 e. The monoisotopic (exact) mass is 421 g/mol. The SMILES string of the molecule is CCCn1nnnc1COC(=O)[C@](C)(Cc1nc2ccccc2s1)c1ccccc1. The van der Waals surface area contributed by atoms with Crippen molar-refractivity contribution < 1.29 is 9.53 Å². The molecular weight excluding hydrogens is 398 g/mol. The Morgan fingerprint density at radius 1 is 1.13 bits per heavy atom. The van der Waals surface area contributed by atoms with Gasteiger partial charge in [-0.3, -0.25) is 4.79 Å². The summed E-state index contributed by atoms with van der Waals surface area (Å²) in [6.45, 7) is 4.67. The van der Waals surface area contributed by atoms with Crippen LogP contribution in [0, 0.1) is 0 Å². The summed E-state index contributed by atoms with van der Waals surface area (Å²) in [6.07, 6.45) is 1.35. The van der Waals surface area contributed by atoms with Crippen LogP contribution in [0.25, 0.3) is 10.2 Å². The number of thiazole rings is 1. The minimum absolute atomic E-state index is 0.0358. The molecule has 4 aromatic rings. The third-order valence-electron chi connectivity index (χ3n) is 5.08. The molecule has 0 aliphatic rings. The topological polar surface area (TPSA) is 82.8 Å². The summed E-state index contributed by atoms with van der Waals surface area (Å²) in [7, 11) is 0. The fourth-order valence-electron chi connectivity index (χ4n) is 3.40. The zero-order valence-electron chi connectivity index (χ0n) is 17.0. The lowest BCUT2D eigenvalue weighted by Crippen LogP contribution is -2.36. The number of carbonyl (C=O) groups is 1. The van der Waals surface area contributed by atoms with Crippen molar-refractivity contribution in [3.63, 3.8) is 0 Å². The third-order valence-corrected chi connectivity index (χ3v) is 6.11. The van der Waals surface area contributed by atoms with Crippen LogP contribution in [-0.2, 0) is 34.5 Å². The standard InChI is InChI=1S/C22H23N5O2S/c1-3-13-27-19(24-25-26-27)15-29-21(28)22(2,16-9-5-4-6-10-16)14-20-23-17-11-7-8-12-18(17)30-20/h4-12H,3,13-15H2,1-2H3/t22-/m1/s1. The van der Waals surface area contributed by atoms with Gasteiger partial charge in [-0.25, -0.2) is 9.67 Å². The van der Waals surface area contributed by atoms with Crippen molar-refractivity contribution in [2.75, 3.05) is 0 Å². The summed E-state index contributed by atoms with van der Waals surface area (Å²) in [6, 6.07) is 17.7. The molecule has 0 amide bonds. The van der Waals surface area contributed by atoms with E-state index < -0.39 is 5.41 Å². The first kappa shape index (κ1) is 20.2. The number of aryl methyl sites for hydroxylation is 1. The van der Waals surface area contributed by atoms with Gasteiger partial charge in [-0.05, 0) is 41.5 Å². The van der Waals surface area contributed by atoms with Crippen molar-refractivity contribution in [3.05, 3.63) is 71.0 Å². The summed E-state index contributed by atoms with van der Waals surface area (Å²) < 4.78 is 8.49. The number of nitrogens with zero attached hydrogens (tertiary/aromatic N) is 5. The summed E-state index contributed by atoms with van der Waals surface area (Å²) >= 11 is 1.61. The van der Waals surface area contributed by atoms with E-state index >= 15 is 0 Å². The summed E-state index contributed by atoms with van der Waals surface area (Å²) in [5, 5.41) is 12.5. The van der Waals surface area contributed by atoms with E-state index in [1.807, 2.05) is 68.4 Å². The molecule has 0 spiro atoms. The molecule has 1 atom stereocenters. The Hall–Kier alpha value is -3.13. The summed E-state index contributed by atoms with van der Waals surface area (Å²) in [5.41, 5.74) is 0.959. The molecule has 0 N–H and O–H groups in total. The molecule has 2 aromatic heterocycles. The molecule has 7 nitrogen and oxygen atoms in total. The smallest absolute Gasteiger partial charge is 0.317 e. The zero-order chi connectivity index (χ0) is 21.0. The predicted molar refractivity (Wildman–Crippen MR) is 115 cm³/mol. The van der Waals surface area contributed by atoms with Crippen molar-refractivity contribution >= 4 is 27.5 Å². The second-order valence-electron chi connectivity index (χ2n) is 7.34. The van der Waals surface area contributed by atoms with Crippen LogP contribution in [0.15, 0.2) is 54.6 Å². The Labute approximate surface area is 178 Å². The molecule has 154 valence electrons. The number of tetrazole rings is 1. The van der Waals surface area contributed by atoms with Gasteiger partial charge in [0.2, 0.25) is 0 Å². The molecule has 0 saturated carbocycles. The van der Waals surface area contributed by atoms with Crippen LogP contribution in [0.4, 0.5) is 0 Å². The van der Waals surface area contributed by atoms with E-state index in [9.17, 15) is 4.79 Å². The maximum atomic E-state index is 13.3. The molecule has 0 aliphatic heterocycles. The van der Waals surface area contributed by atoms with Gasteiger partial charge in [0.25, 0.3) is 0 Å². The van der Waals surface area contributed by atoms with Gasteiger partial charge in [-0.1, -0.05) is 49.4 Å². The number of hydrogen-bond acceptors (Lipinski definition) is 7. The maximum absolute atomic E-state index is 13.3. The molecule has 30 heavy (non-hydrogen) atoms. The van der Waals surface area contributed by atoms with Crippen molar-refractivity contribution in [2.24, 2.45) is 0 Å². The highest BCUT2D eigenvalue weighted by Crippen LogP contribution is 2.33. The van der Waals surface area contributed by atoms with Crippen LogP contribution in [0.1, 0.15) is 36.7 Å². The Bertz CT molecular complexity index is 1110. The average Bonchev–Trinajstić information content (AvgIpc) is 3.38. The van der Waals surface area contributed by atoms with Crippen LogP contribution in [0.5, 0.6) is 0 Å². The first-order valence-electron chi connectivity index (χ1n) is 9.92. The van der Waals surface area contributed by atoms with Crippen LogP contribution in [0.2, 0.25) is 0 Å². The number of ether oxygens (including phenoxy) is 1. The summed E-state index contributed by atoms with van der Waals surface area (Å²) in [4.78, 5) is 18.1. The van der Waals surface area contributed by atoms with Crippen molar-refractivity contribution in [1.29, 1.82) is 0 Å². The van der Waals surface area contributed by atoms with Crippen molar-refractivity contribution in [1.82, 2.24) is 25.2 Å². The van der Waals surface area contributed by atoms with Gasteiger partial charge in [-0.15, -0.1) is 16.4 Å². The Balaban J connectivity index is 1.60. The van der Waals surface area contributed by atoms with E-state index in [1.54, 1.807) is 16.0 Å².